The molecule has 0 bridgehead atoms. The quantitative estimate of drug-likeness (QED) is 0.767. The van der Waals surface area contributed by atoms with E-state index in [1.807, 2.05) is 6.07 Å². The lowest BCUT2D eigenvalue weighted by atomic mass is 10.0. The van der Waals surface area contributed by atoms with E-state index in [0.717, 1.165) is 0 Å². The minimum absolute atomic E-state index is 0.225. The molecule has 21 heavy (non-hydrogen) atoms. The SMILES string of the molecule is COc1cccc(C#N)c1NC(=O)NC(C)(C)CC(=O)O. The van der Waals surface area contributed by atoms with E-state index >= 15 is 0 Å². The second-order valence-electron chi connectivity index (χ2n) is 5.03. The number of benzene rings is 1. The third-order valence-electron chi connectivity index (χ3n) is 2.65. The summed E-state index contributed by atoms with van der Waals surface area (Å²) in [5.41, 5.74) is -0.434. The largest absolute Gasteiger partial charge is 0.495 e. The Morgan fingerprint density at radius 1 is 1.43 bits per heavy atom. The van der Waals surface area contributed by atoms with Crippen LogP contribution in [-0.4, -0.2) is 29.8 Å². The number of anilines is 1. The maximum Gasteiger partial charge on any atom is 0.319 e. The highest BCUT2D eigenvalue weighted by atomic mass is 16.5. The smallest absolute Gasteiger partial charge is 0.319 e. The van der Waals surface area contributed by atoms with Crippen LogP contribution in [-0.2, 0) is 4.79 Å². The number of aliphatic carboxylic acids is 1. The molecular weight excluding hydrogens is 274 g/mol. The van der Waals surface area contributed by atoms with Crippen LogP contribution in [0.5, 0.6) is 5.75 Å². The Morgan fingerprint density at radius 3 is 2.62 bits per heavy atom. The molecule has 0 saturated carbocycles. The molecule has 7 heteroatoms. The molecule has 0 saturated heterocycles. The van der Waals surface area contributed by atoms with E-state index in [0.29, 0.717) is 5.75 Å². The number of nitrogens with one attached hydrogen (secondary N) is 2. The lowest BCUT2D eigenvalue weighted by Gasteiger charge is -2.24. The van der Waals surface area contributed by atoms with Crippen LogP contribution in [0.1, 0.15) is 25.8 Å². The Bertz CT molecular complexity index is 590. The number of nitriles is 1. The van der Waals surface area contributed by atoms with Crippen molar-refractivity contribution < 1.29 is 19.4 Å². The zero-order valence-corrected chi connectivity index (χ0v) is 12.1. The Hall–Kier alpha value is -2.75. The maximum atomic E-state index is 12.0. The van der Waals surface area contributed by atoms with E-state index in [4.69, 9.17) is 15.1 Å². The Morgan fingerprint density at radius 2 is 2.10 bits per heavy atom. The van der Waals surface area contributed by atoms with Crippen molar-refractivity contribution in [3.05, 3.63) is 23.8 Å². The van der Waals surface area contributed by atoms with Crippen molar-refractivity contribution in [1.82, 2.24) is 5.32 Å². The second kappa shape index (κ2) is 6.61. The zero-order chi connectivity index (χ0) is 16.0. The second-order valence-corrected chi connectivity index (χ2v) is 5.03. The zero-order valence-electron chi connectivity index (χ0n) is 12.1. The monoisotopic (exact) mass is 291 g/mol. The number of carbonyl (C=O) groups is 2. The molecule has 2 amide bonds. The number of para-hydroxylation sites is 1. The molecule has 1 aromatic rings. The van der Waals surface area contributed by atoms with E-state index < -0.39 is 17.5 Å². The highest BCUT2D eigenvalue weighted by Gasteiger charge is 2.24. The number of carbonyl (C=O) groups excluding carboxylic acids is 1. The molecule has 7 nitrogen and oxygen atoms in total. The van der Waals surface area contributed by atoms with Crippen molar-refractivity contribution >= 4 is 17.7 Å². The van der Waals surface area contributed by atoms with Crippen LogP contribution >= 0.6 is 0 Å². The summed E-state index contributed by atoms with van der Waals surface area (Å²) >= 11 is 0. The normalized spacial score (nSPS) is 10.4. The lowest BCUT2D eigenvalue weighted by molar-refractivity contribution is -0.138. The van der Waals surface area contributed by atoms with Gasteiger partial charge in [0.25, 0.3) is 0 Å². The molecule has 112 valence electrons. The first-order valence-corrected chi connectivity index (χ1v) is 6.17. The highest BCUT2D eigenvalue weighted by Crippen LogP contribution is 2.27. The summed E-state index contributed by atoms with van der Waals surface area (Å²) in [6.07, 6.45) is -0.225. The number of amides is 2. The molecule has 0 aliphatic carbocycles. The third-order valence-corrected chi connectivity index (χ3v) is 2.65. The van der Waals surface area contributed by atoms with Gasteiger partial charge in [0.1, 0.15) is 17.5 Å². The predicted molar refractivity (Wildman–Crippen MR) is 76.2 cm³/mol. The Labute approximate surface area is 122 Å². The van der Waals surface area contributed by atoms with Gasteiger partial charge in [-0.2, -0.15) is 5.26 Å². The molecule has 1 rings (SSSR count). The number of carboxylic acids is 1. The molecule has 0 aromatic heterocycles. The molecule has 0 atom stereocenters. The molecular formula is C14H17N3O4. The van der Waals surface area contributed by atoms with Gasteiger partial charge < -0.3 is 20.5 Å². The molecule has 0 aliphatic heterocycles. The summed E-state index contributed by atoms with van der Waals surface area (Å²) in [5.74, 6) is -0.671. The van der Waals surface area contributed by atoms with Crippen LogP contribution in [0.25, 0.3) is 0 Å². The summed E-state index contributed by atoms with van der Waals surface area (Å²) in [7, 11) is 1.42. The number of methoxy groups -OCH3 is 1. The molecule has 0 unspecified atom stereocenters. The van der Waals surface area contributed by atoms with E-state index in [2.05, 4.69) is 10.6 Å². The van der Waals surface area contributed by atoms with Crippen molar-refractivity contribution in [3.63, 3.8) is 0 Å². The van der Waals surface area contributed by atoms with Crippen molar-refractivity contribution in [1.29, 1.82) is 5.26 Å². The van der Waals surface area contributed by atoms with Crippen molar-refractivity contribution in [2.75, 3.05) is 12.4 Å². The minimum atomic E-state index is -1.02. The molecule has 0 spiro atoms. The van der Waals surface area contributed by atoms with Crippen LogP contribution in [0.2, 0.25) is 0 Å². The van der Waals surface area contributed by atoms with Crippen molar-refractivity contribution in [3.8, 4) is 11.8 Å². The van der Waals surface area contributed by atoms with Crippen LogP contribution in [0.15, 0.2) is 18.2 Å². The van der Waals surface area contributed by atoms with Gasteiger partial charge in [0, 0.05) is 5.54 Å². The number of rotatable bonds is 5. The Balaban J connectivity index is 2.89. The number of nitrogens with zero attached hydrogens (tertiary/aromatic N) is 1. The van der Waals surface area contributed by atoms with Gasteiger partial charge in [-0.25, -0.2) is 4.79 Å². The fourth-order valence-corrected chi connectivity index (χ4v) is 1.80. The van der Waals surface area contributed by atoms with Gasteiger partial charge in [-0.05, 0) is 26.0 Å². The Kier molecular flexibility index (Phi) is 5.13. The van der Waals surface area contributed by atoms with Crippen LogP contribution in [0, 0.1) is 11.3 Å². The lowest BCUT2D eigenvalue weighted by Crippen LogP contribution is -2.47. The molecule has 0 radical (unpaired) electrons. The van der Waals surface area contributed by atoms with Crippen LogP contribution in [0.4, 0.5) is 10.5 Å². The summed E-state index contributed by atoms with van der Waals surface area (Å²) in [6, 6.07) is 6.13. The molecule has 0 fully saturated rings. The summed E-state index contributed by atoms with van der Waals surface area (Å²) < 4.78 is 5.10. The average molecular weight is 291 g/mol. The summed E-state index contributed by atoms with van der Waals surface area (Å²) in [4.78, 5) is 22.7. The number of urea groups is 1. The molecule has 0 heterocycles. The molecule has 3 N–H and O–H groups in total. The van der Waals surface area contributed by atoms with Gasteiger partial charge >= 0.3 is 12.0 Å². The molecule has 1 aromatic carbocycles. The topological polar surface area (TPSA) is 111 Å². The van der Waals surface area contributed by atoms with Gasteiger partial charge in [0.2, 0.25) is 0 Å². The average Bonchev–Trinajstić information content (AvgIpc) is 2.36. The van der Waals surface area contributed by atoms with E-state index in [9.17, 15) is 9.59 Å². The van der Waals surface area contributed by atoms with Gasteiger partial charge in [-0.3, -0.25) is 4.79 Å². The summed E-state index contributed by atoms with van der Waals surface area (Å²) in [5, 5.41) is 22.9. The van der Waals surface area contributed by atoms with Gasteiger partial charge in [-0.15, -0.1) is 0 Å². The first-order valence-electron chi connectivity index (χ1n) is 6.17. The molecule has 0 aliphatic rings. The predicted octanol–water partition coefficient (Wildman–Crippen LogP) is 1.94. The van der Waals surface area contributed by atoms with E-state index in [1.165, 1.54) is 7.11 Å². The standard InChI is InChI=1S/C14H17N3O4/c1-14(2,7-11(18)19)17-13(20)16-12-9(8-15)5-4-6-10(12)21-3/h4-6H,7H2,1-3H3,(H,18,19)(H2,16,17,20). The number of ether oxygens (including phenoxy) is 1. The minimum Gasteiger partial charge on any atom is -0.495 e. The first-order chi connectivity index (χ1) is 9.79. The van der Waals surface area contributed by atoms with Crippen molar-refractivity contribution in [2.24, 2.45) is 0 Å². The highest BCUT2D eigenvalue weighted by molar-refractivity contribution is 5.93. The summed E-state index contributed by atoms with van der Waals surface area (Å²) in [6.45, 7) is 3.18. The fraction of sp³-hybridized carbons (Fsp3) is 0.357. The maximum absolute atomic E-state index is 12.0. The van der Waals surface area contributed by atoms with Gasteiger partial charge in [-0.1, -0.05) is 6.07 Å². The number of hydrogen-bond acceptors (Lipinski definition) is 4. The van der Waals surface area contributed by atoms with Gasteiger partial charge in [0.05, 0.1) is 19.1 Å². The van der Waals surface area contributed by atoms with E-state index in [1.54, 1.807) is 32.0 Å². The van der Waals surface area contributed by atoms with E-state index in [-0.39, 0.29) is 17.7 Å². The number of hydrogen-bond donors (Lipinski definition) is 3. The number of carboxylic acid groups (broad SMARTS) is 1. The third kappa shape index (κ3) is 4.69. The van der Waals surface area contributed by atoms with Crippen LogP contribution in [0.3, 0.4) is 0 Å². The van der Waals surface area contributed by atoms with Crippen molar-refractivity contribution in [2.45, 2.75) is 25.8 Å². The van der Waals surface area contributed by atoms with Crippen LogP contribution < -0.4 is 15.4 Å². The van der Waals surface area contributed by atoms with Gasteiger partial charge in [0.15, 0.2) is 0 Å². The first kappa shape index (κ1) is 16.3. The fourth-order valence-electron chi connectivity index (χ4n) is 1.80.